The van der Waals surface area contributed by atoms with E-state index in [0.717, 1.165) is 15.5 Å². The molecule has 0 radical (unpaired) electrons. The summed E-state index contributed by atoms with van der Waals surface area (Å²) in [6, 6.07) is 5.65. The van der Waals surface area contributed by atoms with Crippen LogP contribution in [0.15, 0.2) is 34.7 Å². The maximum atomic E-state index is 11.6. The molecular formula is C13H17NO2S. The van der Waals surface area contributed by atoms with Crippen molar-refractivity contribution in [3.8, 4) is 0 Å². The molecule has 3 nitrogen and oxygen atoms in total. The zero-order valence-electron chi connectivity index (χ0n) is 10.6. The first-order valence-electron chi connectivity index (χ1n) is 5.18. The molecule has 0 spiro atoms. The number of thioether (sulfide) groups is 1. The minimum atomic E-state index is -0.320. The van der Waals surface area contributed by atoms with Gasteiger partial charge in [0.2, 0.25) is 0 Å². The lowest BCUT2D eigenvalue weighted by Crippen LogP contribution is -2.08. The van der Waals surface area contributed by atoms with Crippen molar-refractivity contribution in [2.75, 3.05) is 21.2 Å². The van der Waals surface area contributed by atoms with Crippen LogP contribution in [0.4, 0.5) is 0 Å². The summed E-state index contributed by atoms with van der Waals surface area (Å²) in [7, 11) is 5.23. The van der Waals surface area contributed by atoms with Gasteiger partial charge < -0.3 is 9.64 Å². The van der Waals surface area contributed by atoms with E-state index in [2.05, 4.69) is 6.58 Å². The number of benzene rings is 1. The van der Waals surface area contributed by atoms with Gasteiger partial charge in [0.1, 0.15) is 0 Å². The highest BCUT2D eigenvalue weighted by molar-refractivity contribution is 8.03. The number of nitrogens with zero attached hydrogens (tertiary/aromatic N) is 1. The first kappa shape index (κ1) is 13.6. The lowest BCUT2D eigenvalue weighted by atomic mass is 10.1. The highest BCUT2D eigenvalue weighted by Gasteiger charge is 2.13. The Morgan fingerprint density at radius 3 is 2.59 bits per heavy atom. The second kappa shape index (κ2) is 5.77. The molecule has 1 aromatic carbocycles. The normalized spacial score (nSPS) is 9.88. The first-order chi connectivity index (χ1) is 7.95. The number of carbonyl (C=O) groups is 1. The number of rotatable bonds is 4. The number of carbonyl (C=O) groups excluding carboxylic acids is 1. The molecule has 0 aliphatic carbocycles. The van der Waals surface area contributed by atoms with Gasteiger partial charge in [-0.15, -0.1) is 0 Å². The molecule has 0 heterocycles. The molecule has 0 aliphatic rings. The molecule has 0 saturated carbocycles. The highest BCUT2D eigenvalue weighted by atomic mass is 32.2. The van der Waals surface area contributed by atoms with E-state index in [0.29, 0.717) is 5.56 Å². The summed E-state index contributed by atoms with van der Waals surface area (Å²) in [5, 5.41) is 0.876. The summed E-state index contributed by atoms with van der Waals surface area (Å²) in [5.41, 5.74) is 1.68. The maximum Gasteiger partial charge on any atom is 0.339 e. The molecule has 0 aliphatic heterocycles. The van der Waals surface area contributed by atoms with Crippen molar-refractivity contribution in [3.05, 3.63) is 40.9 Å². The van der Waals surface area contributed by atoms with Crippen molar-refractivity contribution in [2.24, 2.45) is 0 Å². The molecule has 0 unspecified atom stereocenters. The standard InChI is InChI=1S/C13H17NO2S/c1-9-6-7-11(13(15)16-5)12(8-9)17-10(2)14(3)4/h6-8H,2H2,1,3-5H3. The first-order valence-corrected chi connectivity index (χ1v) is 6.00. The van der Waals surface area contributed by atoms with Gasteiger partial charge in [0.25, 0.3) is 0 Å². The second-order valence-electron chi connectivity index (χ2n) is 3.88. The Labute approximate surface area is 106 Å². The second-order valence-corrected chi connectivity index (χ2v) is 5.00. The van der Waals surface area contributed by atoms with E-state index in [-0.39, 0.29) is 5.97 Å². The summed E-state index contributed by atoms with van der Waals surface area (Å²) < 4.78 is 4.76. The van der Waals surface area contributed by atoms with Crippen molar-refractivity contribution in [2.45, 2.75) is 11.8 Å². The quantitative estimate of drug-likeness (QED) is 0.608. The maximum absolute atomic E-state index is 11.6. The van der Waals surface area contributed by atoms with E-state index in [4.69, 9.17) is 4.74 Å². The molecule has 0 saturated heterocycles. The lowest BCUT2D eigenvalue weighted by Gasteiger charge is -2.16. The number of aryl methyl sites for hydroxylation is 1. The molecular weight excluding hydrogens is 234 g/mol. The predicted molar refractivity (Wildman–Crippen MR) is 71.2 cm³/mol. The van der Waals surface area contributed by atoms with Gasteiger partial charge in [0.15, 0.2) is 0 Å². The summed E-state index contributed by atoms with van der Waals surface area (Å²) >= 11 is 1.47. The van der Waals surface area contributed by atoms with Gasteiger partial charge in [-0.1, -0.05) is 24.4 Å². The number of hydrogen-bond acceptors (Lipinski definition) is 4. The van der Waals surface area contributed by atoms with Crippen LogP contribution in [-0.2, 0) is 4.74 Å². The molecule has 1 aromatic rings. The van der Waals surface area contributed by atoms with Gasteiger partial charge in [-0.05, 0) is 24.6 Å². The van der Waals surface area contributed by atoms with Crippen LogP contribution in [0.3, 0.4) is 0 Å². The molecule has 4 heteroatoms. The van der Waals surface area contributed by atoms with Gasteiger partial charge in [0, 0.05) is 19.0 Å². The minimum absolute atomic E-state index is 0.320. The molecule has 0 aromatic heterocycles. The molecule has 17 heavy (non-hydrogen) atoms. The fraction of sp³-hybridized carbons (Fsp3) is 0.308. The van der Waals surface area contributed by atoms with Gasteiger partial charge in [-0.25, -0.2) is 4.79 Å². The Morgan fingerprint density at radius 2 is 2.06 bits per heavy atom. The monoisotopic (exact) mass is 251 g/mol. The van der Waals surface area contributed by atoms with Crippen molar-refractivity contribution < 1.29 is 9.53 Å². The van der Waals surface area contributed by atoms with Crippen LogP contribution in [-0.4, -0.2) is 32.1 Å². The van der Waals surface area contributed by atoms with Crippen LogP contribution in [0.2, 0.25) is 0 Å². The third kappa shape index (κ3) is 3.53. The summed E-state index contributed by atoms with van der Waals surface area (Å²) in [6.07, 6.45) is 0. The van der Waals surface area contributed by atoms with Gasteiger partial charge in [-0.2, -0.15) is 0 Å². The van der Waals surface area contributed by atoms with E-state index in [1.54, 1.807) is 6.07 Å². The zero-order chi connectivity index (χ0) is 13.0. The van der Waals surface area contributed by atoms with E-state index in [9.17, 15) is 4.79 Å². The van der Waals surface area contributed by atoms with Crippen LogP contribution in [0.1, 0.15) is 15.9 Å². The van der Waals surface area contributed by atoms with Crippen molar-refractivity contribution in [3.63, 3.8) is 0 Å². The average Bonchev–Trinajstić information content (AvgIpc) is 2.28. The Bertz CT molecular complexity index is 441. The molecule has 0 amide bonds. The third-order valence-electron chi connectivity index (χ3n) is 2.27. The number of ether oxygens (including phenoxy) is 1. The zero-order valence-corrected chi connectivity index (χ0v) is 11.4. The fourth-order valence-electron chi connectivity index (χ4n) is 1.21. The number of methoxy groups -OCH3 is 1. The Balaban J connectivity index is 3.07. The van der Waals surface area contributed by atoms with Crippen molar-refractivity contribution in [1.29, 1.82) is 0 Å². The molecule has 0 N–H and O–H groups in total. The topological polar surface area (TPSA) is 29.5 Å². The summed E-state index contributed by atoms with van der Waals surface area (Å²) in [4.78, 5) is 14.4. The Morgan fingerprint density at radius 1 is 1.41 bits per heavy atom. The van der Waals surface area contributed by atoms with Crippen molar-refractivity contribution in [1.82, 2.24) is 4.90 Å². The molecule has 1 rings (SSSR count). The van der Waals surface area contributed by atoms with E-state index in [1.165, 1.54) is 18.9 Å². The Hall–Kier alpha value is -1.42. The Kier molecular flexibility index (Phi) is 4.63. The lowest BCUT2D eigenvalue weighted by molar-refractivity contribution is 0.0597. The van der Waals surface area contributed by atoms with Crippen LogP contribution in [0, 0.1) is 6.92 Å². The van der Waals surface area contributed by atoms with E-state index in [1.807, 2.05) is 38.1 Å². The summed E-state index contributed by atoms with van der Waals surface area (Å²) in [5.74, 6) is -0.320. The third-order valence-corrected chi connectivity index (χ3v) is 3.43. The van der Waals surface area contributed by atoms with Gasteiger partial charge >= 0.3 is 5.97 Å². The highest BCUT2D eigenvalue weighted by Crippen LogP contribution is 2.30. The SMILES string of the molecule is C=C(Sc1cc(C)ccc1C(=O)OC)N(C)C. The average molecular weight is 251 g/mol. The molecule has 0 fully saturated rings. The van der Waals surface area contributed by atoms with E-state index >= 15 is 0 Å². The van der Waals surface area contributed by atoms with Gasteiger partial charge in [0.05, 0.1) is 17.7 Å². The largest absolute Gasteiger partial charge is 0.465 e. The molecule has 92 valence electrons. The van der Waals surface area contributed by atoms with Crippen LogP contribution in [0.5, 0.6) is 0 Å². The van der Waals surface area contributed by atoms with Gasteiger partial charge in [-0.3, -0.25) is 0 Å². The van der Waals surface area contributed by atoms with Crippen LogP contribution >= 0.6 is 11.8 Å². The fourth-order valence-corrected chi connectivity index (χ4v) is 2.15. The molecule has 0 bridgehead atoms. The summed E-state index contributed by atoms with van der Waals surface area (Å²) in [6.45, 7) is 5.93. The van der Waals surface area contributed by atoms with Crippen molar-refractivity contribution >= 4 is 17.7 Å². The molecule has 0 atom stereocenters. The van der Waals surface area contributed by atoms with Crippen LogP contribution in [0.25, 0.3) is 0 Å². The van der Waals surface area contributed by atoms with Crippen LogP contribution < -0.4 is 0 Å². The minimum Gasteiger partial charge on any atom is -0.465 e. The van der Waals surface area contributed by atoms with E-state index < -0.39 is 0 Å². The smallest absolute Gasteiger partial charge is 0.339 e. The number of esters is 1. The number of hydrogen-bond donors (Lipinski definition) is 0. The predicted octanol–water partition coefficient (Wildman–Crippen LogP) is 2.91.